The third-order valence-electron chi connectivity index (χ3n) is 6.72. The normalized spacial score (nSPS) is 14.1. The SMILES string of the molecule is CNC(=O)c1c(-c2ccc(F)cc2)nn2cc(CN(Cc3cc(Cl)c(Br)c(C(=O)O)c3)S(=O)O)c(C3CC3)cc12. The van der Waals surface area contributed by atoms with Gasteiger partial charge in [-0.25, -0.2) is 17.9 Å². The van der Waals surface area contributed by atoms with Gasteiger partial charge in [0.25, 0.3) is 5.91 Å². The molecule has 2 aromatic carbocycles. The molecule has 1 amide bonds. The molecule has 1 unspecified atom stereocenters. The van der Waals surface area contributed by atoms with Gasteiger partial charge in [-0.2, -0.15) is 9.40 Å². The van der Waals surface area contributed by atoms with Crippen LogP contribution in [0.25, 0.3) is 16.8 Å². The summed E-state index contributed by atoms with van der Waals surface area (Å²) in [6, 6.07) is 10.5. The van der Waals surface area contributed by atoms with Crippen molar-refractivity contribution in [3.63, 3.8) is 0 Å². The van der Waals surface area contributed by atoms with Gasteiger partial charge in [-0.3, -0.25) is 9.35 Å². The van der Waals surface area contributed by atoms with E-state index in [9.17, 15) is 27.8 Å². The minimum atomic E-state index is -2.41. The van der Waals surface area contributed by atoms with Crippen molar-refractivity contribution in [1.82, 2.24) is 19.2 Å². The first kappa shape index (κ1) is 28.4. The summed E-state index contributed by atoms with van der Waals surface area (Å²) in [6.07, 6.45) is 3.60. The van der Waals surface area contributed by atoms with Crippen LogP contribution in [0.2, 0.25) is 5.02 Å². The smallest absolute Gasteiger partial charge is 0.336 e. The maximum atomic E-state index is 13.6. The molecule has 2 heterocycles. The van der Waals surface area contributed by atoms with Crippen molar-refractivity contribution in [2.75, 3.05) is 7.05 Å². The zero-order valence-corrected chi connectivity index (χ0v) is 24.2. The van der Waals surface area contributed by atoms with Crippen LogP contribution in [0.5, 0.6) is 0 Å². The van der Waals surface area contributed by atoms with Crippen LogP contribution in [0.15, 0.2) is 53.1 Å². The van der Waals surface area contributed by atoms with Crippen molar-refractivity contribution in [2.45, 2.75) is 31.8 Å². The summed E-state index contributed by atoms with van der Waals surface area (Å²) in [5.41, 5.74) is 3.90. The van der Waals surface area contributed by atoms with Gasteiger partial charge >= 0.3 is 5.97 Å². The second kappa shape index (κ2) is 11.4. The zero-order valence-electron chi connectivity index (χ0n) is 21.0. The molecule has 3 N–H and O–H groups in total. The molecule has 0 saturated heterocycles. The molecule has 13 heteroatoms. The van der Waals surface area contributed by atoms with Crippen molar-refractivity contribution < 1.29 is 27.8 Å². The fraction of sp³-hybridized carbons (Fsp3) is 0.222. The predicted molar refractivity (Wildman–Crippen MR) is 152 cm³/mol. The van der Waals surface area contributed by atoms with E-state index in [0.717, 1.165) is 24.0 Å². The van der Waals surface area contributed by atoms with Crippen molar-refractivity contribution in [1.29, 1.82) is 0 Å². The molecule has 40 heavy (non-hydrogen) atoms. The first-order valence-corrected chi connectivity index (χ1v) is 14.4. The molecule has 5 rings (SSSR count). The van der Waals surface area contributed by atoms with E-state index in [4.69, 9.17) is 11.6 Å². The van der Waals surface area contributed by atoms with Crippen LogP contribution in [0.3, 0.4) is 0 Å². The average molecular weight is 650 g/mol. The Morgan fingerprint density at radius 3 is 2.52 bits per heavy atom. The molecule has 1 aliphatic carbocycles. The van der Waals surface area contributed by atoms with E-state index in [0.29, 0.717) is 27.9 Å². The number of benzene rings is 2. The summed E-state index contributed by atoms with van der Waals surface area (Å²) in [5, 5.41) is 17.0. The van der Waals surface area contributed by atoms with Crippen molar-refractivity contribution >= 4 is 56.2 Å². The van der Waals surface area contributed by atoms with E-state index in [1.807, 2.05) is 6.07 Å². The Kier molecular flexibility index (Phi) is 8.07. The average Bonchev–Trinajstić information content (AvgIpc) is 3.70. The number of hydrogen-bond donors (Lipinski definition) is 3. The number of aromatic carboxylic acids is 1. The number of carbonyl (C=O) groups is 2. The number of amides is 1. The second-order valence-electron chi connectivity index (χ2n) is 9.44. The third-order valence-corrected chi connectivity index (χ3v) is 8.80. The summed E-state index contributed by atoms with van der Waals surface area (Å²) in [7, 11) is 1.52. The highest BCUT2D eigenvalue weighted by Crippen LogP contribution is 2.43. The van der Waals surface area contributed by atoms with Crippen molar-refractivity contribution in [2.24, 2.45) is 0 Å². The second-order valence-corrected chi connectivity index (χ2v) is 11.6. The maximum Gasteiger partial charge on any atom is 0.336 e. The molecule has 1 aliphatic rings. The van der Waals surface area contributed by atoms with E-state index in [-0.39, 0.29) is 40.0 Å². The van der Waals surface area contributed by atoms with E-state index in [2.05, 4.69) is 26.3 Å². The number of hydrogen-bond acceptors (Lipinski definition) is 4. The molecule has 0 radical (unpaired) electrons. The van der Waals surface area contributed by atoms with E-state index in [1.165, 1.54) is 29.6 Å². The van der Waals surface area contributed by atoms with Gasteiger partial charge in [0.15, 0.2) is 0 Å². The Bertz CT molecular complexity index is 1680. The quantitative estimate of drug-likeness (QED) is 0.202. The molecule has 1 atom stereocenters. The molecule has 0 spiro atoms. The molecule has 0 aliphatic heterocycles. The van der Waals surface area contributed by atoms with Gasteiger partial charge < -0.3 is 10.4 Å². The number of halogens is 3. The minimum absolute atomic E-state index is 0.0437. The monoisotopic (exact) mass is 648 g/mol. The Hall–Kier alpha value is -3.16. The highest BCUT2D eigenvalue weighted by atomic mass is 79.9. The lowest BCUT2D eigenvalue weighted by molar-refractivity contribution is 0.0695. The number of carboxylic acids is 1. The maximum absolute atomic E-state index is 13.6. The highest BCUT2D eigenvalue weighted by molar-refractivity contribution is 9.10. The van der Waals surface area contributed by atoms with Crippen LogP contribution in [0.1, 0.15) is 56.2 Å². The minimum Gasteiger partial charge on any atom is -0.478 e. The lowest BCUT2D eigenvalue weighted by Crippen LogP contribution is -2.26. The van der Waals surface area contributed by atoms with E-state index < -0.39 is 23.1 Å². The van der Waals surface area contributed by atoms with Gasteiger partial charge in [0, 0.05) is 31.9 Å². The van der Waals surface area contributed by atoms with Gasteiger partial charge in [0.05, 0.1) is 26.1 Å². The molecular formula is C27H23BrClFN4O5S. The summed E-state index contributed by atoms with van der Waals surface area (Å²) in [6.45, 7) is -0.00994. The number of carbonyl (C=O) groups excluding carboxylic acids is 1. The Labute approximate surface area is 244 Å². The predicted octanol–water partition coefficient (Wildman–Crippen LogP) is 5.63. The number of carboxylic acid groups (broad SMARTS) is 1. The zero-order chi connectivity index (χ0) is 28.7. The largest absolute Gasteiger partial charge is 0.478 e. The molecule has 9 nitrogen and oxygen atoms in total. The van der Waals surface area contributed by atoms with Crippen molar-refractivity contribution in [3.8, 4) is 11.3 Å². The molecule has 1 fully saturated rings. The topological polar surface area (TPSA) is 124 Å². The van der Waals surface area contributed by atoms with Gasteiger partial charge in [-0.1, -0.05) is 11.6 Å². The van der Waals surface area contributed by atoms with E-state index in [1.54, 1.807) is 28.9 Å². The van der Waals surface area contributed by atoms with Crippen LogP contribution in [0, 0.1) is 5.82 Å². The number of aromatic nitrogens is 2. The molecule has 208 valence electrons. The Morgan fingerprint density at radius 1 is 1.23 bits per heavy atom. The van der Waals surface area contributed by atoms with Gasteiger partial charge in [-0.05, 0) is 93.8 Å². The van der Waals surface area contributed by atoms with Crippen molar-refractivity contribution in [3.05, 3.63) is 91.8 Å². The first-order valence-electron chi connectivity index (χ1n) is 12.2. The summed E-state index contributed by atoms with van der Waals surface area (Å²) in [5.74, 6) is -1.72. The number of rotatable bonds is 9. The van der Waals surface area contributed by atoms with Crippen LogP contribution < -0.4 is 5.32 Å². The number of nitrogens with one attached hydrogen (secondary N) is 1. The molecule has 0 bridgehead atoms. The lowest BCUT2D eigenvalue weighted by Gasteiger charge is -2.20. The molecule has 2 aromatic heterocycles. The highest BCUT2D eigenvalue weighted by Gasteiger charge is 2.30. The Balaban J connectivity index is 1.58. The van der Waals surface area contributed by atoms with Gasteiger partial charge in [-0.15, -0.1) is 0 Å². The van der Waals surface area contributed by atoms with Crippen LogP contribution in [-0.2, 0) is 24.4 Å². The van der Waals surface area contributed by atoms with Gasteiger partial charge in [0.2, 0.25) is 11.3 Å². The molecule has 4 aromatic rings. The third kappa shape index (κ3) is 5.68. The fourth-order valence-electron chi connectivity index (χ4n) is 4.66. The number of pyridine rings is 1. The van der Waals surface area contributed by atoms with Gasteiger partial charge in [0.1, 0.15) is 11.5 Å². The molecule has 1 saturated carbocycles. The Morgan fingerprint density at radius 2 is 1.93 bits per heavy atom. The lowest BCUT2D eigenvalue weighted by atomic mass is 10.0. The fourth-order valence-corrected chi connectivity index (χ4v) is 5.81. The molecular weight excluding hydrogens is 627 g/mol. The van der Waals surface area contributed by atoms with Crippen LogP contribution in [-0.4, -0.2) is 46.7 Å². The van der Waals surface area contributed by atoms with Crippen LogP contribution >= 0.6 is 27.5 Å². The summed E-state index contributed by atoms with van der Waals surface area (Å²) < 4.78 is 39.2. The first-order chi connectivity index (χ1) is 19.1. The van der Waals surface area contributed by atoms with Crippen LogP contribution in [0.4, 0.5) is 4.39 Å². The number of fused-ring (bicyclic) bond motifs is 1. The number of nitrogens with zero attached hydrogens (tertiary/aromatic N) is 3. The standard InChI is InChI=1S/C27H23BrClFN4O5S/c1-31-26(35)23-22-10-19(15-2-3-15)17(13-34(22)32-25(23)16-4-6-18(30)7-5-16)12-33(40(38)39)11-14-8-20(27(36)37)24(28)21(29)9-14/h4-10,13,15H,2-3,11-12H2,1H3,(H,31,35)(H,36,37)(H,38,39). The summed E-state index contributed by atoms with van der Waals surface area (Å²) in [4.78, 5) is 24.6. The van der Waals surface area contributed by atoms with E-state index >= 15 is 0 Å². The summed E-state index contributed by atoms with van der Waals surface area (Å²) >= 11 is 6.97.